The van der Waals surface area contributed by atoms with Crippen molar-refractivity contribution in [1.29, 1.82) is 0 Å². The lowest BCUT2D eigenvalue weighted by molar-refractivity contribution is -0.278. The summed E-state index contributed by atoms with van der Waals surface area (Å²) in [4.78, 5) is 23.7. The van der Waals surface area contributed by atoms with Crippen molar-refractivity contribution < 1.29 is 49.0 Å². The molecule has 0 radical (unpaired) electrons. The summed E-state index contributed by atoms with van der Waals surface area (Å²) < 4.78 is 21.6. The number of esters is 1. The van der Waals surface area contributed by atoms with E-state index in [-0.39, 0.29) is 28.2 Å². The molecule has 5 N–H and O–H groups in total. The van der Waals surface area contributed by atoms with Gasteiger partial charge in [0.25, 0.3) is 0 Å². The number of ether oxygens (including phenoxy) is 3. The number of fused-ring (bicyclic) bond motifs is 1. The Morgan fingerprint density at radius 2 is 1.71 bits per heavy atom. The third-order valence-corrected chi connectivity index (χ3v) is 5.31. The fourth-order valence-electron chi connectivity index (χ4n) is 3.56. The second kappa shape index (κ2) is 9.31. The van der Waals surface area contributed by atoms with Gasteiger partial charge in [0.2, 0.25) is 6.29 Å². The number of phenols is 2. The number of rotatable bonds is 5. The first kappa shape index (κ1) is 23.5. The maximum Gasteiger partial charge on any atom is 0.302 e. The van der Waals surface area contributed by atoms with Gasteiger partial charge in [0, 0.05) is 30.7 Å². The van der Waals surface area contributed by atoms with Gasteiger partial charge in [-0.1, -0.05) is 0 Å². The summed E-state index contributed by atoms with van der Waals surface area (Å²) in [7, 11) is 0. The molecule has 1 fully saturated rings. The molecular weight excluding hydrogens is 452 g/mol. The van der Waals surface area contributed by atoms with Crippen LogP contribution >= 0.6 is 0 Å². The van der Waals surface area contributed by atoms with Crippen LogP contribution in [0.15, 0.2) is 51.7 Å². The van der Waals surface area contributed by atoms with Gasteiger partial charge in [0.1, 0.15) is 65.0 Å². The Bertz CT molecular complexity index is 1250. The van der Waals surface area contributed by atoms with Crippen LogP contribution in [0.4, 0.5) is 0 Å². The second-order valence-electron chi connectivity index (χ2n) is 7.77. The van der Waals surface area contributed by atoms with Crippen molar-refractivity contribution in [3.63, 3.8) is 0 Å². The molecule has 34 heavy (non-hydrogen) atoms. The van der Waals surface area contributed by atoms with Crippen molar-refractivity contribution in [3.05, 3.63) is 52.7 Å². The second-order valence-corrected chi connectivity index (χ2v) is 7.77. The molecule has 0 bridgehead atoms. The number of aliphatic hydroxyl groups excluding tert-OH is 3. The zero-order valence-electron chi connectivity index (χ0n) is 17.8. The lowest BCUT2D eigenvalue weighted by Crippen LogP contribution is -2.60. The predicted octanol–water partition coefficient (Wildman–Crippen LogP) is 0.621. The molecule has 180 valence electrons. The van der Waals surface area contributed by atoms with E-state index in [1.807, 2.05) is 0 Å². The van der Waals surface area contributed by atoms with Gasteiger partial charge in [-0.05, 0) is 24.3 Å². The molecule has 0 saturated carbocycles. The van der Waals surface area contributed by atoms with Crippen LogP contribution < -0.4 is 10.2 Å². The molecule has 1 aliphatic rings. The largest absolute Gasteiger partial charge is 0.508 e. The first-order valence-corrected chi connectivity index (χ1v) is 10.2. The summed E-state index contributed by atoms with van der Waals surface area (Å²) in [6.07, 6.45) is -7.61. The van der Waals surface area contributed by atoms with Gasteiger partial charge in [0.15, 0.2) is 5.43 Å². The van der Waals surface area contributed by atoms with Gasteiger partial charge in [-0.2, -0.15) is 0 Å². The number of hydrogen-bond donors (Lipinski definition) is 5. The summed E-state index contributed by atoms with van der Waals surface area (Å²) in [5.41, 5.74) is -0.0608. The molecular formula is C23H22O11. The standard InChI is InChI=1S/C23H22O11/c1-10(24)31-9-18-20(28)21(29)22(30)23(34-18)32-13-6-14(26)19-15(27)8-16(33-17(19)7-13)11-2-4-12(25)5-3-11/h2-8,18,20-23,25-26,28-30H,9H2,1H3/t18-,20-,21+,22-,23?/m0/s1. The van der Waals surface area contributed by atoms with E-state index >= 15 is 0 Å². The monoisotopic (exact) mass is 474 g/mol. The molecule has 4 rings (SSSR count). The van der Waals surface area contributed by atoms with E-state index in [2.05, 4.69) is 0 Å². The number of hydrogen-bond acceptors (Lipinski definition) is 11. The Kier molecular flexibility index (Phi) is 6.44. The maximum absolute atomic E-state index is 12.6. The van der Waals surface area contributed by atoms with Gasteiger partial charge in [-0.15, -0.1) is 0 Å². The fraction of sp³-hybridized carbons (Fsp3) is 0.304. The average molecular weight is 474 g/mol. The molecule has 0 amide bonds. The minimum atomic E-state index is -1.68. The topological polar surface area (TPSA) is 176 Å². The highest BCUT2D eigenvalue weighted by molar-refractivity contribution is 5.86. The van der Waals surface area contributed by atoms with Crippen LogP contribution in [0.5, 0.6) is 17.2 Å². The molecule has 1 unspecified atom stereocenters. The Balaban J connectivity index is 1.65. The highest BCUT2D eigenvalue weighted by Crippen LogP contribution is 2.33. The molecule has 1 aromatic heterocycles. The fourth-order valence-corrected chi connectivity index (χ4v) is 3.56. The lowest BCUT2D eigenvalue weighted by Gasteiger charge is -2.39. The Labute approximate surface area is 192 Å². The van der Waals surface area contributed by atoms with E-state index in [1.54, 1.807) is 12.1 Å². The van der Waals surface area contributed by atoms with Crippen molar-refractivity contribution in [1.82, 2.24) is 0 Å². The molecule has 2 aromatic carbocycles. The number of benzene rings is 2. The van der Waals surface area contributed by atoms with E-state index in [0.717, 1.165) is 13.0 Å². The van der Waals surface area contributed by atoms with Crippen molar-refractivity contribution >= 4 is 16.9 Å². The molecule has 3 aromatic rings. The predicted molar refractivity (Wildman–Crippen MR) is 115 cm³/mol. The summed E-state index contributed by atoms with van der Waals surface area (Å²) in [6.45, 7) is 0.764. The summed E-state index contributed by atoms with van der Waals surface area (Å²) in [5, 5.41) is 50.3. The van der Waals surface area contributed by atoms with E-state index in [9.17, 15) is 35.1 Å². The zero-order valence-corrected chi connectivity index (χ0v) is 17.8. The molecule has 1 aliphatic heterocycles. The molecule has 0 aliphatic carbocycles. The lowest BCUT2D eigenvalue weighted by atomic mass is 9.99. The van der Waals surface area contributed by atoms with Crippen molar-refractivity contribution in [2.24, 2.45) is 0 Å². The minimum absolute atomic E-state index is 0.0329. The van der Waals surface area contributed by atoms with E-state index in [0.29, 0.717) is 5.56 Å². The van der Waals surface area contributed by atoms with Crippen molar-refractivity contribution in [2.45, 2.75) is 37.6 Å². The van der Waals surface area contributed by atoms with Crippen LogP contribution in [0.2, 0.25) is 0 Å². The van der Waals surface area contributed by atoms with Gasteiger partial charge in [-0.3, -0.25) is 9.59 Å². The molecule has 0 spiro atoms. The van der Waals surface area contributed by atoms with Gasteiger partial charge < -0.3 is 44.2 Å². The number of phenolic OH excluding ortho intramolecular Hbond substituents is 2. The van der Waals surface area contributed by atoms with E-state index < -0.39 is 54.5 Å². The molecule has 1 saturated heterocycles. The van der Waals surface area contributed by atoms with E-state index in [1.165, 1.54) is 24.3 Å². The van der Waals surface area contributed by atoms with Gasteiger partial charge >= 0.3 is 5.97 Å². The van der Waals surface area contributed by atoms with Gasteiger partial charge in [0.05, 0.1) is 0 Å². The first-order valence-electron chi connectivity index (χ1n) is 10.2. The summed E-state index contributed by atoms with van der Waals surface area (Å²) in [6, 6.07) is 9.52. The van der Waals surface area contributed by atoms with Crippen molar-refractivity contribution in [2.75, 3.05) is 6.61 Å². The molecule has 11 nitrogen and oxygen atoms in total. The summed E-state index contributed by atoms with van der Waals surface area (Å²) in [5.74, 6) is -0.961. The number of aliphatic hydroxyl groups is 3. The molecule has 2 heterocycles. The molecule has 5 atom stereocenters. The van der Waals surface area contributed by atoms with E-state index in [4.69, 9.17) is 18.6 Å². The number of aromatic hydroxyl groups is 2. The quantitative estimate of drug-likeness (QED) is 0.328. The highest BCUT2D eigenvalue weighted by Gasteiger charge is 2.45. The number of carbonyl (C=O) groups is 1. The van der Waals surface area contributed by atoms with Crippen LogP contribution in [0, 0.1) is 0 Å². The maximum atomic E-state index is 12.6. The number of carbonyl (C=O) groups excluding carboxylic acids is 1. The average Bonchev–Trinajstić information content (AvgIpc) is 2.78. The van der Waals surface area contributed by atoms with Gasteiger partial charge in [-0.25, -0.2) is 0 Å². The third-order valence-electron chi connectivity index (χ3n) is 5.31. The Morgan fingerprint density at radius 3 is 2.38 bits per heavy atom. The SMILES string of the molecule is CC(=O)OC[C@@H]1OC(Oc2cc(O)c3c(=O)cc(-c4ccc(O)cc4)oc3c2)[C@@H](O)[C@H](O)[C@H]1O. The minimum Gasteiger partial charge on any atom is -0.508 e. The molecule has 11 heteroatoms. The van der Waals surface area contributed by atoms with Crippen molar-refractivity contribution in [3.8, 4) is 28.6 Å². The Morgan fingerprint density at radius 1 is 1.00 bits per heavy atom. The van der Waals surface area contributed by atoms with Crippen LogP contribution in [-0.2, 0) is 14.3 Å². The summed E-state index contributed by atoms with van der Waals surface area (Å²) >= 11 is 0. The smallest absolute Gasteiger partial charge is 0.302 e. The zero-order chi connectivity index (χ0) is 24.6. The van der Waals surface area contributed by atoms with Crippen LogP contribution in [0.25, 0.3) is 22.3 Å². The highest BCUT2D eigenvalue weighted by atomic mass is 16.7. The first-order chi connectivity index (χ1) is 16.1. The normalized spacial score (nSPS) is 24.6. The van der Waals surface area contributed by atoms with Crippen LogP contribution in [0.1, 0.15) is 6.92 Å². The van der Waals surface area contributed by atoms with Crippen LogP contribution in [-0.4, -0.2) is 68.8 Å². The Hall–Kier alpha value is -3.64. The van der Waals surface area contributed by atoms with Crippen LogP contribution in [0.3, 0.4) is 0 Å². The third kappa shape index (κ3) is 4.68.